The van der Waals surface area contributed by atoms with Gasteiger partial charge in [-0.1, -0.05) is 32.0 Å². The largest absolute Gasteiger partial charge is 0.463 e. The quantitative estimate of drug-likeness (QED) is 0.572. The number of ether oxygens (including phenoxy) is 1. The molecule has 0 spiro atoms. The fraction of sp³-hybridized carbons (Fsp3) is 0.562. The van der Waals surface area contributed by atoms with Gasteiger partial charge in [-0.25, -0.2) is 0 Å². The maximum absolute atomic E-state index is 11.6. The normalized spacial score (nSPS) is 12.2. The zero-order chi connectivity index (χ0) is 14.1. The number of benzene rings is 1. The molecule has 0 saturated carbocycles. The second kappa shape index (κ2) is 8.57. The maximum atomic E-state index is 11.6. The van der Waals surface area contributed by atoms with Crippen LogP contribution < -0.4 is 5.32 Å². The molecule has 0 aromatic heterocycles. The first-order valence-corrected chi connectivity index (χ1v) is 7.06. The summed E-state index contributed by atoms with van der Waals surface area (Å²) in [5.41, 5.74) is 1.09. The summed E-state index contributed by atoms with van der Waals surface area (Å²) in [6.07, 6.45) is 2.22. The van der Waals surface area contributed by atoms with E-state index in [0.29, 0.717) is 12.3 Å². The highest BCUT2D eigenvalue weighted by atomic mass is 16.5. The van der Waals surface area contributed by atoms with Crippen LogP contribution in [0.2, 0.25) is 0 Å². The van der Waals surface area contributed by atoms with Crippen molar-refractivity contribution in [1.29, 1.82) is 0 Å². The highest BCUT2D eigenvalue weighted by Crippen LogP contribution is 2.09. The maximum Gasteiger partial charge on any atom is 0.306 e. The van der Waals surface area contributed by atoms with Crippen molar-refractivity contribution in [1.82, 2.24) is 0 Å². The molecule has 1 aromatic rings. The number of rotatable bonds is 8. The first-order valence-electron chi connectivity index (χ1n) is 7.06. The number of anilines is 1. The Morgan fingerprint density at radius 3 is 2.53 bits per heavy atom. The molecular weight excluding hydrogens is 238 g/mol. The highest BCUT2D eigenvalue weighted by molar-refractivity contribution is 5.69. The van der Waals surface area contributed by atoms with E-state index in [-0.39, 0.29) is 12.1 Å². The summed E-state index contributed by atoms with van der Waals surface area (Å²) in [6, 6.07) is 10.00. The van der Waals surface area contributed by atoms with Gasteiger partial charge in [0.05, 0.1) is 6.10 Å². The van der Waals surface area contributed by atoms with Crippen LogP contribution in [-0.4, -0.2) is 18.6 Å². The van der Waals surface area contributed by atoms with Crippen LogP contribution in [0.4, 0.5) is 5.69 Å². The molecule has 3 heteroatoms. The second-order valence-corrected chi connectivity index (χ2v) is 5.33. The molecule has 1 atom stereocenters. The fourth-order valence-corrected chi connectivity index (χ4v) is 2.02. The first-order chi connectivity index (χ1) is 9.08. The van der Waals surface area contributed by atoms with E-state index >= 15 is 0 Å². The molecule has 1 N–H and O–H groups in total. The Balaban J connectivity index is 2.10. The van der Waals surface area contributed by atoms with Gasteiger partial charge in [0.1, 0.15) is 0 Å². The second-order valence-electron chi connectivity index (χ2n) is 5.33. The van der Waals surface area contributed by atoms with Crippen LogP contribution in [0.25, 0.3) is 0 Å². The highest BCUT2D eigenvalue weighted by Gasteiger charge is 2.10. The van der Waals surface area contributed by atoms with Gasteiger partial charge in [0.15, 0.2) is 0 Å². The smallest absolute Gasteiger partial charge is 0.306 e. The van der Waals surface area contributed by atoms with Gasteiger partial charge in [-0.2, -0.15) is 0 Å². The Kier molecular flexibility index (Phi) is 7.01. The van der Waals surface area contributed by atoms with Gasteiger partial charge in [0.25, 0.3) is 0 Å². The predicted octanol–water partition coefficient (Wildman–Crippen LogP) is 3.86. The predicted molar refractivity (Wildman–Crippen MR) is 79.2 cm³/mol. The van der Waals surface area contributed by atoms with E-state index in [4.69, 9.17) is 4.74 Å². The molecule has 1 unspecified atom stereocenters. The van der Waals surface area contributed by atoms with Crippen molar-refractivity contribution in [3.05, 3.63) is 30.3 Å². The van der Waals surface area contributed by atoms with Crippen molar-refractivity contribution in [2.75, 3.05) is 11.9 Å². The Hall–Kier alpha value is -1.51. The van der Waals surface area contributed by atoms with Crippen LogP contribution >= 0.6 is 0 Å². The van der Waals surface area contributed by atoms with Crippen LogP contribution in [0.3, 0.4) is 0 Å². The van der Waals surface area contributed by atoms with Gasteiger partial charge < -0.3 is 10.1 Å². The number of hydrogen-bond donors (Lipinski definition) is 1. The van der Waals surface area contributed by atoms with Gasteiger partial charge in [0.2, 0.25) is 0 Å². The van der Waals surface area contributed by atoms with Crippen LogP contribution in [0.5, 0.6) is 0 Å². The Labute approximate surface area is 116 Å². The van der Waals surface area contributed by atoms with E-state index < -0.39 is 0 Å². The third-order valence-electron chi connectivity index (χ3n) is 2.80. The summed E-state index contributed by atoms with van der Waals surface area (Å²) in [7, 11) is 0. The van der Waals surface area contributed by atoms with Gasteiger partial charge in [0, 0.05) is 18.7 Å². The molecule has 1 rings (SSSR count). The van der Waals surface area contributed by atoms with E-state index in [1.54, 1.807) is 0 Å². The molecule has 0 heterocycles. The monoisotopic (exact) mass is 263 g/mol. The molecule has 0 saturated heterocycles. The van der Waals surface area contributed by atoms with Crippen molar-refractivity contribution in [3.63, 3.8) is 0 Å². The van der Waals surface area contributed by atoms with E-state index in [1.165, 1.54) is 0 Å². The molecule has 3 nitrogen and oxygen atoms in total. The first kappa shape index (κ1) is 15.5. The van der Waals surface area contributed by atoms with Crippen molar-refractivity contribution >= 4 is 11.7 Å². The van der Waals surface area contributed by atoms with Crippen LogP contribution in [0.15, 0.2) is 30.3 Å². The van der Waals surface area contributed by atoms with Gasteiger partial charge in [-0.15, -0.1) is 0 Å². The fourth-order valence-electron chi connectivity index (χ4n) is 2.02. The van der Waals surface area contributed by atoms with Gasteiger partial charge in [-0.05, 0) is 37.8 Å². The van der Waals surface area contributed by atoms with Crippen molar-refractivity contribution < 1.29 is 9.53 Å². The standard InChI is InChI=1S/C16H25NO2/c1-13(2)12-14(3)19-16(18)10-7-11-17-15-8-5-4-6-9-15/h4-6,8-9,13-14,17H,7,10-12H2,1-3H3. The number of nitrogens with one attached hydrogen (secondary N) is 1. The molecular formula is C16H25NO2. The Bertz CT molecular complexity index is 362. The lowest BCUT2D eigenvalue weighted by molar-refractivity contribution is -0.148. The SMILES string of the molecule is CC(C)CC(C)OC(=O)CCCNc1ccccc1. The van der Waals surface area contributed by atoms with Crippen molar-refractivity contribution in [2.24, 2.45) is 5.92 Å². The van der Waals surface area contributed by atoms with Gasteiger partial charge in [-0.3, -0.25) is 4.79 Å². The Morgan fingerprint density at radius 2 is 1.89 bits per heavy atom. The molecule has 106 valence electrons. The lowest BCUT2D eigenvalue weighted by Crippen LogP contribution is -2.17. The van der Waals surface area contributed by atoms with Crippen LogP contribution in [0, 0.1) is 5.92 Å². The molecule has 0 fully saturated rings. The minimum atomic E-state index is -0.0944. The molecule has 0 amide bonds. The van der Waals surface area contributed by atoms with Crippen molar-refractivity contribution in [3.8, 4) is 0 Å². The zero-order valence-electron chi connectivity index (χ0n) is 12.2. The molecule has 19 heavy (non-hydrogen) atoms. The third-order valence-corrected chi connectivity index (χ3v) is 2.80. The van der Waals surface area contributed by atoms with E-state index in [9.17, 15) is 4.79 Å². The zero-order valence-corrected chi connectivity index (χ0v) is 12.2. The minimum Gasteiger partial charge on any atom is -0.463 e. The molecule has 0 aliphatic carbocycles. The summed E-state index contributed by atoms with van der Waals surface area (Å²) in [5, 5.41) is 3.28. The number of carbonyl (C=O) groups is 1. The average Bonchev–Trinajstić information content (AvgIpc) is 2.35. The van der Waals surface area contributed by atoms with E-state index in [0.717, 1.165) is 25.1 Å². The van der Waals surface area contributed by atoms with Crippen LogP contribution in [-0.2, 0) is 9.53 Å². The summed E-state index contributed by atoms with van der Waals surface area (Å²) in [6.45, 7) is 7.01. The Morgan fingerprint density at radius 1 is 1.21 bits per heavy atom. The molecule has 0 bridgehead atoms. The molecule has 0 aliphatic heterocycles. The lowest BCUT2D eigenvalue weighted by atomic mass is 10.1. The molecule has 1 aromatic carbocycles. The topological polar surface area (TPSA) is 38.3 Å². The summed E-state index contributed by atoms with van der Waals surface area (Å²) in [4.78, 5) is 11.6. The lowest BCUT2D eigenvalue weighted by Gasteiger charge is -2.15. The van der Waals surface area contributed by atoms with E-state index in [2.05, 4.69) is 19.2 Å². The summed E-state index contributed by atoms with van der Waals surface area (Å²) in [5.74, 6) is 0.463. The number of carbonyl (C=O) groups excluding carboxylic acids is 1. The molecule has 0 radical (unpaired) electrons. The average molecular weight is 263 g/mol. The number of esters is 1. The van der Waals surface area contributed by atoms with Gasteiger partial charge >= 0.3 is 5.97 Å². The minimum absolute atomic E-state index is 0.0228. The molecule has 0 aliphatic rings. The summed E-state index contributed by atoms with van der Waals surface area (Å²) >= 11 is 0. The number of hydrogen-bond acceptors (Lipinski definition) is 3. The van der Waals surface area contributed by atoms with E-state index in [1.807, 2.05) is 37.3 Å². The number of para-hydroxylation sites is 1. The summed E-state index contributed by atoms with van der Waals surface area (Å²) < 4.78 is 5.35. The van der Waals surface area contributed by atoms with Crippen LogP contribution in [0.1, 0.15) is 40.0 Å². The third kappa shape index (κ3) is 7.50. The van der Waals surface area contributed by atoms with Crippen molar-refractivity contribution in [2.45, 2.75) is 46.1 Å².